The highest BCUT2D eigenvalue weighted by Gasteiger charge is 2.35. The number of pyridine rings is 1. The smallest absolute Gasteiger partial charge is 0.161 e. The van der Waals surface area contributed by atoms with Crippen LogP contribution in [0.15, 0.2) is 53.4 Å². The fourth-order valence-corrected chi connectivity index (χ4v) is 3.36. The Kier molecular flexibility index (Phi) is 5.41. The minimum atomic E-state index is -1.02. The first-order valence-electron chi connectivity index (χ1n) is 7.83. The average Bonchev–Trinajstić information content (AvgIpc) is 3.19. The number of nitrogens with zero attached hydrogens (tertiary/aromatic N) is 1. The number of benzene rings is 1. The third-order valence-corrected chi connectivity index (χ3v) is 4.92. The summed E-state index contributed by atoms with van der Waals surface area (Å²) in [6, 6.07) is 9.10. The van der Waals surface area contributed by atoms with Crippen molar-refractivity contribution in [2.75, 3.05) is 14.2 Å². The standard InChI is InChI=1S/C19H18Cl2N2O3/c1-24-16-6-5-12(8-17(16)25-2)19(22,18-4-3-7-26-18)9-13-14(20)10-23-11-15(13)21/h3-8,10-11H,9,22H2,1-2H3. The molecule has 1 atom stereocenters. The zero-order chi connectivity index (χ0) is 18.7. The molecule has 2 N–H and O–H groups in total. The number of furan rings is 1. The summed E-state index contributed by atoms with van der Waals surface area (Å²) < 4.78 is 16.4. The fraction of sp³-hybridized carbons (Fsp3) is 0.211. The van der Waals surface area contributed by atoms with Gasteiger partial charge in [-0.25, -0.2) is 0 Å². The van der Waals surface area contributed by atoms with E-state index in [9.17, 15) is 0 Å². The van der Waals surface area contributed by atoms with Gasteiger partial charge >= 0.3 is 0 Å². The predicted octanol–water partition coefficient (Wildman–Crippen LogP) is 4.44. The molecule has 0 aliphatic heterocycles. The van der Waals surface area contributed by atoms with Crippen molar-refractivity contribution in [1.82, 2.24) is 4.98 Å². The van der Waals surface area contributed by atoms with Crippen LogP contribution in [0.5, 0.6) is 11.5 Å². The first-order chi connectivity index (χ1) is 12.5. The van der Waals surface area contributed by atoms with E-state index in [4.69, 9.17) is 42.8 Å². The molecule has 0 bridgehead atoms. The summed E-state index contributed by atoms with van der Waals surface area (Å²) in [7, 11) is 3.15. The van der Waals surface area contributed by atoms with Crippen LogP contribution in [-0.2, 0) is 12.0 Å². The van der Waals surface area contributed by atoms with Crippen LogP contribution < -0.4 is 15.2 Å². The van der Waals surface area contributed by atoms with Crippen LogP contribution in [-0.4, -0.2) is 19.2 Å². The number of hydrogen-bond donors (Lipinski definition) is 1. The number of hydrogen-bond acceptors (Lipinski definition) is 5. The summed E-state index contributed by atoms with van der Waals surface area (Å²) in [6.07, 6.45) is 4.98. The largest absolute Gasteiger partial charge is 0.493 e. The molecular weight excluding hydrogens is 375 g/mol. The summed E-state index contributed by atoms with van der Waals surface area (Å²) in [5, 5.41) is 0.888. The summed E-state index contributed by atoms with van der Waals surface area (Å²) >= 11 is 12.6. The van der Waals surface area contributed by atoms with Crippen LogP contribution >= 0.6 is 23.2 Å². The van der Waals surface area contributed by atoms with Gasteiger partial charge in [0, 0.05) is 18.8 Å². The van der Waals surface area contributed by atoms with Crippen molar-refractivity contribution in [1.29, 1.82) is 0 Å². The van der Waals surface area contributed by atoms with Gasteiger partial charge in [0.2, 0.25) is 0 Å². The molecule has 1 aromatic carbocycles. The van der Waals surface area contributed by atoms with E-state index in [0.29, 0.717) is 39.3 Å². The lowest BCUT2D eigenvalue weighted by Crippen LogP contribution is -2.40. The Labute approximate surface area is 161 Å². The van der Waals surface area contributed by atoms with Gasteiger partial charge in [-0.2, -0.15) is 0 Å². The van der Waals surface area contributed by atoms with Gasteiger partial charge in [0.25, 0.3) is 0 Å². The molecule has 3 aromatic rings. The summed E-state index contributed by atoms with van der Waals surface area (Å²) in [4.78, 5) is 4.00. The van der Waals surface area contributed by atoms with Gasteiger partial charge in [-0.05, 0) is 35.4 Å². The van der Waals surface area contributed by atoms with Crippen molar-refractivity contribution < 1.29 is 13.9 Å². The topological polar surface area (TPSA) is 70.5 Å². The zero-order valence-electron chi connectivity index (χ0n) is 14.3. The Bertz CT molecular complexity index is 880. The van der Waals surface area contributed by atoms with Gasteiger partial charge in [-0.15, -0.1) is 0 Å². The molecule has 7 heteroatoms. The normalized spacial score (nSPS) is 13.3. The molecule has 0 saturated heterocycles. The first-order valence-corrected chi connectivity index (χ1v) is 8.58. The van der Waals surface area contributed by atoms with Crippen molar-refractivity contribution in [2.24, 2.45) is 5.73 Å². The monoisotopic (exact) mass is 392 g/mol. The Balaban J connectivity index is 2.14. The average molecular weight is 393 g/mol. The molecule has 0 aliphatic rings. The van der Waals surface area contributed by atoms with Gasteiger partial charge < -0.3 is 19.6 Å². The summed E-state index contributed by atoms with van der Waals surface area (Å²) in [5.74, 6) is 1.75. The quantitative estimate of drug-likeness (QED) is 0.670. The predicted molar refractivity (Wildman–Crippen MR) is 101 cm³/mol. The Morgan fingerprint density at radius 3 is 2.35 bits per heavy atom. The molecule has 1 unspecified atom stereocenters. The van der Waals surface area contributed by atoms with E-state index in [-0.39, 0.29) is 0 Å². The molecule has 3 rings (SSSR count). The lowest BCUT2D eigenvalue weighted by Gasteiger charge is -2.29. The number of nitrogens with two attached hydrogens (primary N) is 1. The Hall–Kier alpha value is -2.21. The van der Waals surface area contributed by atoms with E-state index in [1.807, 2.05) is 18.2 Å². The third kappa shape index (κ3) is 3.38. The second-order valence-corrected chi connectivity index (χ2v) is 6.59. The van der Waals surface area contributed by atoms with Crippen LogP contribution in [0.1, 0.15) is 16.9 Å². The van der Waals surface area contributed by atoms with Gasteiger partial charge in [0.1, 0.15) is 11.3 Å². The highest BCUT2D eigenvalue weighted by Crippen LogP contribution is 2.39. The molecule has 0 fully saturated rings. The Morgan fingerprint density at radius 2 is 1.77 bits per heavy atom. The van der Waals surface area contributed by atoms with Crippen LogP contribution in [0.25, 0.3) is 0 Å². The summed E-state index contributed by atoms with van der Waals surface area (Å²) in [5.41, 5.74) is 7.29. The molecule has 0 aliphatic carbocycles. The van der Waals surface area contributed by atoms with Gasteiger partial charge in [-0.1, -0.05) is 29.3 Å². The van der Waals surface area contributed by atoms with Gasteiger partial charge in [-0.3, -0.25) is 4.98 Å². The molecule has 26 heavy (non-hydrogen) atoms. The van der Waals surface area contributed by atoms with E-state index in [2.05, 4.69) is 4.98 Å². The third-order valence-electron chi connectivity index (χ3n) is 4.27. The fourth-order valence-electron chi connectivity index (χ4n) is 2.86. The van der Waals surface area contributed by atoms with Crippen molar-refractivity contribution >= 4 is 23.2 Å². The Morgan fingerprint density at radius 1 is 1.08 bits per heavy atom. The SMILES string of the molecule is COc1ccc(C(N)(Cc2c(Cl)cncc2Cl)c2ccco2)cc1OC. The maximum atomic E-state index is 6.84. The number of methoxy groups -OCH3 is 2. The summed E-state index contributed by atoms with van der Waals surface area (Å²) in [6.45, 7) is 0. The molecule has 0 amide bonds. The van der Waals surface area contributed by atoms with E-state index in [1.165, 1.54) is 0 Å². The van der Waals surface area contributed by atoms with E-state index < -0.39 is 5.54 Å². The number of ether oxygens (including phenoxy) is 2. The van der Waals surface area contributed by atoms with Gasteiger partial charge in [0.05, 0.1) is 30.5 Å². The van der Waals surface area contributed by atoms with Crippen molar-refractivity contribution in [3.8, 4) is 11.5 Å². The highest BCUT2D eigenvalue weighted by molar-refractivity contribution is 6.35. The van der Waals surface area contributed by atoms with Crippen LogP contribution in [0.2, 0.25) is 10.0 Å². The molecule has 5 nitrogen and oxygen atoms in total. The van der Waals surface area contributed by atoms with E-state index >= 15 is 0 Å². The second-order valence-electron chi connectivity index (χ2n) is 5.78. The molecule has 2 aromatic heterocycles. The second kappa shape index (κ2) is 7.58. The molecule has 2 heterocycles. The number of rotatable bonds is 6. The maximum absolute atomic E-state index is 6.84. The lowest BCUT2D eigenvalue weighted by atomic mass is 9.82. The van der Waals surface area contributed by atoms with Crippen molar-refractivity contribution in [3.05, 3.63) is 75.9 Å². The lowest BCUT2D eigenvalue weighted by molar-refractivity contribution is 0.350. The van der Waals surface area contributed by atoms with Crippen molar-refractivity contribution in [2.45, 2.75) is 12.0 Å². The minimum absolute atomic E-state index is 0.316. The van der Waals surface area contributed by atoms with E-state index in [1.54, 1.807) is 45.0 Å². The first kappa shape index (κ1) is 18.6. The molecular formula is C19H18Cl2N2O3. The highest BCUT2D eigenvalue weighted by atomic mass is 35.5. The maximum Gasteiger partial charge on any atom is 0.161 e. The molecule has 136 valence electrons. The molecule has 0 saturated carbocycles. The number of halogens is 2. The van der Waals surface area contributed by atoms with Crippen molar-refractivity contribution in [3.63, 3.8) is 0 Å². The zero-order valence-corrected chi connectivity index (χ0v) is 15.8. The van der Waals surface area contributed by atoms with E-state index in [0.717, 1.165) is 5.56 Å². The van der Waals surface area contributed by atoms with Gasteiger partial charge in [0.15, 0.2) is 11.5 Å². The van der Waals surface area contributed by atoms with Crippen LogP contribution in [0, 0.1) is 0 Å². The minimum Gasteiger partial charge on any atom is -0.493 e. The number of aromatic nitrogens is 1. The molecule has 0 spiro atoms. The van der Waals surface area contributed by atoms with Crippen LogP contribution in [0.3, 0.4) is 0 Å². The molecule has 0 radical (unpaired) electrons. The van der Waals surface area contributed by atoms with Crippen LogP contribution in [0.4, 0.5) is 0 Å².